The average Bonchev–Trinajstić information content (AvgIpc) is 3.60. The maximum absolute atomic E-state index is 2.47. The van der Waals surface area contributed by atoms with E-state index in [1.807, 2.05) is 0 Å². The van der Waals surface area contributed by atoms with E-state index in [2.05, 4.69) is 156 Å². The Labute approximate surface area is 238 Å². The van der Waals surface area contributed by atoms with Crippen LogP contribution in [0.4, 0.5) is 0 Å². The number of fused-ring (bicyclic) bond motifs is 10. The third kappa shape index (κ3) is 2.92. The van der Waals surface area contributed by atoms with Crippen LogP contribution in [0.3, 0.4) is 0 Å². The van der Waals surface area contributed by atoms with Gasteiger partial charge in [-0.05, 0) is 70.8 Å². The van der Waals surface area contributed by atoms with Gasteiger partial charge in [0.15, 0.2) is 0 Å². The zero-order valence-electron chi connectivity index (χ0n) is 23.1. The minimum atomic E-state index is -0.109. The molecular formula is C39H28N2. The van der Waals surface area contributed by atoms with Gasteiger partial charge in [-0.3, -0.25) is 0 Å². The molecule has 2 aromatic heterocycles. The molecule has 6 aromatic carbocycles. The van der Waals surface area contributed by atoms with E-state index in [1.165, 1.54) is 77.2 Å². The second kappa shape index (κ2) is 7.99. The molecule has 0 bridgehead atoms. The van der Waals surface area contributed by atoms with Crippen molar-refractivity contribution in [1.82, 2.24) is 9.13 Å². The third-order valence-corrected chi connectivity index (χ3v) is 9.27. The van der Waals surface area contributed by atoms with Crippen LogP contribution in [0.2, 0.25) is 0 Å². The molecule has 1 aliphatic carbocycles. The lowest BCUT2D eigenvalue weighted by Gasteiger charge is -2.22. The minimum Gasteiger partial charge on any atom is -0.309 e. The van der Waals surface area contributed by atoms with Gasteiger partial charge in [0.1, 0.15) is 0 Å². The first kappa shape index (κ1) is 22.7. The highest BCUT2D eigenvalue weighted by molar-refractivity contribution is 6.21. The summed E-state index contributed by atoms with van der Waals surface area (Å²) in [5, 5.41) is 5.20. The van der Waals surface area contributed by atoms with Crippen molar-refractivity contribution in [1.29, 1.82) is 0 Å². The number of rotatable bonds is 2. The summed E-state index contributed by atoms with van der Waals surface area (Å²) < 4.78 is 4.90. The van der Waals surface area contributed by atoms with Gasteiger partial charge in [0.25, 0.3) is 0 Å². The molecule has 9 rings (SSSR count). The minimum absolute atomic E-state index is 0.109. The zero-order chi connectivity index (χ0) is 27.3. The number of hydrogen-bond acceptors (Lipinski definition) is 0. The normalized spacial score (nSPS) is 13.8. The molecule has 0 N–H and O–H groups in total. The average molecular weight is 525 g/mol. The largest absolute Gasteiger partial charge is 0.309 e. The summed E-state index contributed by atoms with van der Waals surface area (Å²) in [5.41, 5.74) is 12.8. The molecule has 0 fully saturated rings. The summed E-state index contributed by atoms with van der Waals surface area (Å²) in [5.74, 6) is 0. The molecule has 0 aliphatic heterocycles. The number of hydrogen-bond donors (Lipinski definition) is 0. The van der Waals surface area contributed by atoms with Crippen LogP contribution in [0.25, 0.3) is 66.1 Å². The highest BCUT2D eigenvalue weighted by Crippen LogP contribution is 2.53. The smallest absolute Gasteiger partial charge is 0.0548 e. The lowest BCUT2D eigenvalue weighted by molar-refractivity contribution is 0.666. The fourth-order valence-corrected chi connectivity index (χ4v) is 7.55. The number of aromatic nitrogens is 2. The number of benzene rings is 6. The van der Waals surface area contributed by atoms with Crippen LogP contribution in [0, 0.1) is 0 Å². The number of nitrogens with zero attached hydrogens (tertiary/aromatic N) is 2. The van der Waals surface area contributed by atoms with Crippen molar-refractivity contribution in [3.8, 4) is 22.5 Å². The monoisotopic (exact) mass is 524 g/mol. The Bertz CT molecular complexity index is 2320. The van der Waals surface area contributed by atoms with Crippen molar-refractivity contribution < 1.29 is 0 Å². The van der Waals surface area contributed by atoms with Crippen molar-refractivity contribution in [2.45, 2.75) is 19.3 Å². The summed E-state index contributed by atoms with van der Waals surface area (Å²) in [6.45, 7) is 4.78. The summed E-state index contributed by atoms with van der Waals surface area (Å²) in [6, 6.07) is 48.9. The first-order chi connectivity index (χ1) is 20.1. The maximum atomic E-state index is 2.47. The maximum Gasteiger partial charge on any atom is 0.0548 e. The van der Waals surface area contributed by atoms with E-state index in [1.54, 1.807) is 0 Å². The molecule has 0 saturated heterocycles. The van der Waals surface area contributed by atoms with Crippen LogP contribution in [0.15, 0.2) is 133 Å². The SMILES string of the molecule is CC1(C)c2ccccc2-c2ccc3c(c21)c1cc2c(cc1n3-c1ccccc1)c1ccccc1n2-c1ccccc1. The second-order valence-corrected chi connectivity index (χ2v) is 11.8. The molecule has 0 atom stereocenters. The van der Waals surface area contributed by atoms with E-state index < -0.39 is 0 Å². The molecule has 0 unspecified atom stereocenters. The van der Waals surface area contributed by atoms with Gasteiger partial charge in [-0.1, -0.05) is 98.8 Å². The predicted molar refractivity (Wildman–Crippen MR) is 173 cm³/mol. The van der Waals surface area contributed by atoms with Gasteiger partial charge in [0.2, 0.25) is 0 Å². The first-order valence-corrected chi connectivity index (χ1v) is 14.4. The van der Waals surface area contributed by atoms with Crippen LogP contribution in [0.5, 0.6) is 0 Å². The van der Waals surface area contributed by atoms with Crippen LogP contribution in [-0.4, -0.2) is 9.13 Å². The lowest BCUT2D eigenvalue weighted by atomic mass is 9.80. The predicted octanol–water partition coefficient (Wildman–Crippen LogP) is 10.2. The van der Waals surface area contributed by atoms with Crippen LogP contribution in [0.1, 0.15) is 25.0 Å². The molecular weight excluding hydrogens is 496 g/mol. The fraction of sp³-hybridized carbons (Fsp3) is 0.0769. The topological polar surface area (TPSA) is 9.86 Å². The van der Waals surface area contributed by atoms with Crippen LogP contribution >= 0.6 is 0 Å². The lowest BCUT2D eigenvalue weighted by Crippen LogP contribution is -2.15. The van der Waals surface area contributed by atoms with E-state index >= 15 is 0 Å². The Balaban J connectivity index is 1.52. The Morgan fingerprint density at radius 2 is 1.02 bits per heavy atom. The van der Waals surface area contributed by atoms with Crippen molar-refractivity contribution in [3.63, 3.8) is 0 Å². The van der Waals surface area contributed by atoms with Gasteiger partial charge in [-0.25, -0.2) is 0 Å². The molecule has 2 heterocycles. The van der Waals surface area contributed by atoms with Crippen molar-refractivity contribution in [2.75, 3.05) is 0 Å². The molecule has 1 aliphatic rings. The molecule has 0 radical (unpaired) electrons. The highest BCUT2D eigenvalue weighted by Gasteiger charge is 2.38. The zero-order valence-corrected chi connectivity index (χ0v) is 23.1. The fourth-order valence-electron chi connectivity index (χ4n) is 7.55. The van der Waals surface area contributed by atoms with Crippen molar-refractivity contribution in [3.05, 3.63) is 145 Å². The molecule has 8 aromatic rings. The Morgan fingerprint density at radius 3 is 1.78 bits per heavy atom. The Morgan fingerprint density at radius 1 is 0.439 bits per heavy atom. The summed E-state index contributed by atoms with van der Waals surface area (Å²) >= 11 is 0. The van der Waals surface area contributed by atoms with Crippen LogP contribution < -0.4 is 0 Å². The van der Waals surface area contributed by atoms with Gasteiger partial charge in [0, 0.05) is 38.3 Å². The first-order valence-electron chi connectivity index (χ1n) is 14.4. The quantitative estimate of drug-likeness (QED) is 0.213. The van der Waals surface area contributed by atoms with E-state index in [0.29, 0.717) is 0 Å². The van der Waals surface area contributed by atoms with E-state index in [4.69, 9.17) is 0 Å². The highest BCUT2D eigenvalue weighted by atomic mass is 15.0. The van der Waals surface area contributed by atoms with Gasteiger partial charge >= 0.3 is 0 Å². The number of para-hydroxylation sites is 3. The van der Waals surface area contributed by atoms with Gasteiger partial charge in [-0.2, -0.15) is 0 Å². The summed E-state index contributed by atoms with van der Waals surface area (Å²) in [6.07, 6.45) is 0. The van der Waals surface area contributed by atoms with E-state index in [0.717, 1.165) is 0 Å². The Kier molecular flexibility index (Phi) is 4.42. The molecule has 0 amide bonds. The van der Waals surface area contributed by atoms with Crippen molar-refractivity contribution in [2.24, 2.45) is 0 Å². The van der Waals surface area contributed by atoms with Gasteiger partial charge in [-0.15, -0.1) is 0 Å². The molecule has 0 spiro atoms. The summed E-state index contributed by atoms with van der Waals surface area (Å²) in [4.78, 5) is 0. The van der Waals surface area contributed by atoms with Gasteiger partial charge < -0.3 is 9.13 Å². The van der Waals surface area contributed by atoms with Crippen molar-refractivity contribution >= 4 is 43.6 Å². The molecule has 0 saturated carbocycles. The third-order valence-electron chi connectivity index (χ3n) is 9.27. The molecule has 2 nitrogen and oxygen atoms in total. The van der Waals surface area contributed by atoms with Crippen LogP contribution in [-0.2, 0) is 5.41 Å². The summed E-state index contributed by atoms with van der Waals surface area (Å²) in [7, 11) is 0. The van der Waals surface area contributed by atoms with Gasteiger partial charge in [0.05, 0.1) is 22.1 Å². The standard InChI is InChI=1S/C39H28N2/c1-39(2)32-19-11-9-17-27(32)29-21-22-34-37(38(29)39)31-24-35-30(23-36(31)41(34)26-15-7-4-8-16-26)28-18-10-12-20-33(28)40(35)25-13-5-3-6-14-25/h3-24H,1-2H3. The Hall–Kier alpha value is -5.08. The van der Waals surface area contributed by atoms with E-state index in [-0.39, 0.29) is 5.41 Å². The molecule has 194 valence electrons. The van der Waals surface area contributed by atoms with E-state index in [9.17, 15) is 0 Å². The second-order valence-electron chi connectivity index (χ2n) is 11.8. The molecule has 2 heteroatoms. The molecule has 41 heavy (non-hydrogen) atoms.